The topological polar surface area (TPSA) is 114 Å². The van der Waals surface area contributed by atoms with Crippen LogP contribution in [0.2, 0.25) is 0 Å². The van der Waals surface area contributed by atoms with Crippen LogP contribution in [-0.2, 0) is 36.6 Å². The second kappa shape index (κ2) is 11.2. The summed E-state index contributed by atoms with van der Waals surface area (Å²) in [4.78, 5) is 41.4. The Hall–Kier alpha value is -2.80. The maximum absolute atomic E-state index is 13.8. The number of esters is 1. The molecule has 0 bridgehead atoms. The fourth-order valence-electron chi connectivity index (χ4n) is 6.24. The highest BCUT2D eigenvalue weighted by molar-refractivity contribution is 14.1. The second-order valence-corrected chi connectivity index (χ2v) is 11.9. The number of hydrogen-bond donors (Lipinski definition) is 2. The Morgan fingerprint density at radius 1 is 1.07 bits per heavy atom. The first-order valence-electron chi connectivity index (χ1n) is 13.7. The highest BCUT2D eigenvalue weighted by Crippen LogP contribution is 2.45. The molecule has 2 N–H and O–H groups in total. The lowest BCUT2D eigenvalue weighted by Gasteiger charge is -2.32. The van der Waals surface area contributed by atoms with Gasteiger partial charge in [-0.1, -0.05) is 36.4 Å². The van der Waals surface area contributed by atoms with Crippen LogP contribution in [0.25, 0.3) is 0 Å². The van der Waals surface area contributed by atoms with Gasteiger partial charge in [0.15, 0.2) is 5.79 Å². The van der Waals surface area contributed by atoms with E-state index in [1.54, 1.807) is 23.1 Å². The lowest BCUT2D eigenvalue weighted by molar-refractivity contribution is -0.172. The average molecular weight is 658 g/mol. The summed E-state index contributed by atoms with van der Waals surface area (Å²) in [7, 11) is 0. The molecule has 1 spiro atoms. The summed E-state index contributed by atoms with van der Waals surface area (Å²) < 4.78 is 19.9. The molecule has 0 radical (unpaired) electrons. The fraction of sp³-hybridized carbons (Fsp3) is 0.433. The molecular weight excluding hydrogens is 627 g/mol. The van der Waals surface area contributed by atoms with Crippen molar-refractivity contribution in [3.8, 4) is 0 Å². The minimum absolute atomic E-state index is 0.135. The van der Waals surface area contributed by atoms with Gasteiger partial charge in [0.25, 0.3) is 0 Å². The molecule has 10 heteroatoms. The Bertz CT molecular complexity index is 1340. The van der Waals surface area contributed by atoms with Crippen molar-refractivity contribution in [1.29, 1.82) is 0 Å². The molecule has 0 aromatic heterocycles. The fourth-order valence-corrected chi connectivity index (χ4v) is 6.85. The zero-order chi connectivity index (χ0) is 27.9. The van der Waals surface area contributed by atoms with Gasteiger partial charge in [0, 0.05) is 41.5 Å². The third-order valence-electron chi connectivity index (χ3n) is 8.07. The molecule has 40 heavy (non-hydrogen) atoms. The largest absolute Gasteiger partial charge is 0.455 e. The van der Waals surface area contributed by atoms with E-state index in [0.29, 0.717) is 43.4 Å². The van der Waals surface area contributed by atoms with E-state index < -0.39 is 36.1 Å². The monoisotopic (exact) mass is 658 g/mol. The smallest absolute Gasteiger partial charge is 0.339 e. The molecule has 2 amide bonds. The highest BCUT2D eigenvalue weighted by Gasteiger charge is 2.55. The number of aliphatic hydroxyl groups is 1. The van der Waals surface area contributed by atoms with Crippen LogP contribution < -0.4 is 5.32 Å². The van der Waals surface area contributed by atoms with Gasteiger partial charge in [-0.3, -0.25) is 9.59 Å². The number of rotatable bonds is 6. The molecule has 2 fully saturated rings. The van der Waals surface area contributed by atoms with Gasteiger partial charge in [0.05, 0.1) is 12.2 Å². The Labute approximate surface area is 246 Å². The van der Waals surface area contributed by atoms with Crippen LogP contribution in [0.3, 0.4) is 0 Å². The highest BCUT2D eigenvalue weighted by atomic mass is 127. The zero-order valence-corrected chi connectivity index (χ0v) is 24.0. The van der Waals surface area contributed by atoms with Gasteiger partial charge >= 0.3 is 5.97 Å². The minimum atomic E-state index is -0.889. The quantitative estimate of drug-likeness (QED) is 0.363. The molecule has 210 valence electrons. The molecule has 6 rings (SSSR count). The first kappa shape index (κ1) is 27.4. The summed E-state index contributed by atoms with van der Waals surface area (Å²) in [5.74, 6) is -1.92. The number of likely N-dealkylation sites (tertiary alicyclic amines) is 1. The van der Waals surface area contributed by atoms with Gasteiger partial charge in [-0.05, 0) is 64.8 Å². The van der Waals surface area contributed by atoms with Crippen molar-refractivity contribution in [3.63, 3.8) is 0 Å². The first-order valence-corrected chi connectivity index (χ1v) is 14.7. The van der Waals surface area contributed by atoms with E-state index in [0.717, 1.165) is 14.7 Å². The predicted molar refractivity (Wildman–Crippen MR) is 152 cm³/mol. The van der Waals surface area contributed by atoms with Crippen LogP contribution >= 0.6 is 22.6 Å². The molecular formula is C30H31IN2O7. The summed E-state index contributed by atoms with van der Waals surface area (Å²) in [5, 5.41) is 11.8. The van der Waals surface area contributed by atoms with E-state index in [1.165, 1.54) is 0 Å². The number of nitrogens with zero attached hydrogens (tertiary/aromatic N) is 1. The van der Waals surface area contributed by atoms with E-state index >= 15 is 0 Å². The summed E-state index contributed by atoms with van der Waals surface area (Å²) in [6.45, 7) is 0.414. The lowest BCUT2D eigenvalue weighted by atomic mass is 9.91. The lowest BCUT2D eigenvalue weighted by Crippen LogP contribution is -2.49. The van der Waals surface area contributed by atoms with Gasteiger partial charge < -0.3 is 29.5 Å². The molecule has 2 aliphatic carbocycles. The summed E-state index contributed by atoms with van der Waals surface area (Å²) in [5.41, 5.74) is 3.20. The standard InChI is InChI=1S/C30H31IN2O7/c31-22-9-4-3-8-21(22)29(37)38-24-14-20(28(36)33-12-5-10-23(33)27(35)32-11-13-34)15-25-26(24)40-30(39-25)16-18-6-1-2-7-19(18)17-30/h1-4,6-9,15,23-26,34H,5,10-14,16-17H2,(H,32,35). The summed E-state index contributed by atoms with van der Waals surface area (Å²) >= 11 is 2.10. The molecule has 2 aliphatic heterocycles. The van der Waals surface area contributed by atoms with Gasteiger partial charge in [-0.25, -0.2) is 4.79 Å². The molecule has 9 nitrogen and oxygen atoms in total. The zero-order valence-electron chi connectivity index (χ0n) is 21.9. The summed E-state index contributed by atoms with van der Waals surface area (Å²) in [6.07, 6.45) is 2.45. The van der Waals surface area contributed by atoms with Crippen molar-refractivity contribution in [3.05, 3.63) is 80.4 Å². The van der Waals surface area contributed by atoms with Crippen molar-refractivity contribution in [1.82, 2.24) is 10.2 Å². The number of amides is 2. The Balaban J connectivity index is 1.27. The normalized spacial score (nSPS) is 26.2. The SMILES string of the molecule is O=C(OC1CC(C(=O)N2CCCC2C(=O)NCCO)=CC2OC3(Cc4ccccc4C3)OC21)c1ccccc1I. The first-order chi connectivity index (χ1) is 19.4. The molecule has 0 saturated carbocycles. The Morgan fingerprint density at radius 3 is 2.52 bits per heavy atom. The maximum atomic E-state index is 13.8. The average Bonchev–Trinajstić information content (AvgIpc) is 3.67. The van der Waals surface area contributed by atoms with Crippen molar-refractivity contribution < 1.29 is 33.7 Å². The summed E-state index contributed by atoms with van der Waals surface area (Å²) in [6, 6.07) is 14.7. The van der Waals surface area contributed by atoms with Gasteiger partial charge in [0.1, 0.15) is 24.4 Å². The van der Waals surface area contributed by atoms with E-state index in [4.69, 9.17) is 19.3 Å². The Kier molecular flexibility index (Phi) is 7.68. The molecule has 2 heterocycles. The molecule has 2 aromatic carbocycles. The van der Waals surface area contributed by atoms with Crippen LogP contribution in [0.15, 0.2) is 60.2 Å². The van der Waals surface area contributed by atoms with Crippen LogP contribution in [0, 0.1) is 3.57 Å². The third kappa shape index (κ3) is 5.17. The predicted octanol–water partition coefficient (Wildman–Crippen LogP) is 2.53. The van der Waals surface area contributed by atoms with Gasteiger partial charge in [0.2, 0.25) is 11.8 Å². The number of benzene rings is 2. The van der Waals surface area contributed by atoms with Crippen LogP contribution in [0.4, 0.5) is 0 Å². The number of carbonyl (C=O) groups excluding carboxylic acids is 3. The number of ether oxygens (including phenoxy) is 3. The van der Waals surface area contributed by atoms with Crippen LogP contribution in [0.5, 0.6) is 0 Å². The maximum Gasteiger partial charge on any atom is 0.339 e. The third-order valence-corrected chi connectivity index (χ3v) is 9.01. The van der Waals surface area contributed by atoms with E-state index in [2.05, 4.69) is 40.0 Å². The van der Waals surface area contributed by atoms with Gasteiger partial charge in [-0.2, -0.15) is 0 Å². The molecule has 4 unspecified atom stereocenters. The number of aliphatic hydroxyl groups excluding tert-OH is 1. The second-order valence-electron chi connectivity index (χ2n) is 10.7. The van der Waals surface area contributed by atoms with Crippen molar-refractivity contribution in [2.45, 2.75) is 62.2 Å². The van der Waals surface area contributed by atoms with Crippen molar-refractivity contribution >= 4 is 40.4 Å². The van der Waals surface area contributed by atoms with Crippen molar-refractivity contribution in [2.75, 3.05) is 19.7 Å². The van der Waals surface area contributed by atoms with E-state index in [9.17, 15) is 14.4 Å². The van der Waals surface area contributed by atoms with E-state index in [-0.39, 0.29) is 31.4 Å². The number of fused-ring (bicyclic) bond motifs is 2. The molecule has 4 atom stereocenters. The molecule has 4 aliphatic rings. The number of nitrogens with one attached hydrogen (secondary N) is 1. The van der Waals surface area contributed by atoms with Crippen LogP contribution in [-0.4, -0.2) is 77.6 Å². The molecule has 2 saturated heterocycles. The molecule has 2 aromatic rings. The van der Waals surface area contributed by atoms with E-state index in [1.807, 2.05) is 24.3 Å². The number of hydrogen-bond acceptors (Lipinski definition) is 7. The van der Waals surface area contributed by atoms with Gasteiger partial charge in [-0.15, -0.1) is 0 Å². The number of halogens is 1. The number of carbonyl (C=O) groups is 3. The van der Waals surface area contributed by atoms with Crippen molar-refractivity contribution in [2.24, 2.45) is 0 Å². The minimum Gasteiger partial charge on any atom is -0.455 e. The Morgan fingerprint density at radius 2 is 1.80 bits per heavy atom. The van der Waals surface area contributed by atoms with Crippen LogP contribution in [0.1, 0.15) is 40.7 Å².